The van der Waals surface area contributed by atoms with Crippen LogP contribution in [0.4, 0.5) is 0 Å². The summed E-state index contributed by atoms with van der Waals surface area (Å²) in [6.45, 7) is 4.21. The second kappa shape index (κ2) is 9.42. The molecule has 8 heteroatoms. The largest absolute Gasteiger partial charge is 0.364 e. The molecule has 2 aromatic rings. The van der Waals surface area contributed by atoms with E-state index in [0.717, 1.165) is 22.0 Å². The molecule has 0 atom stereocenters. The molecule has 2 aromatic heterocycles. The highest BCUT2D eigenvalue weighted by Crippen LogP contribution is 2.21. The highest BCUT2D eigenvalue weighted by molar-refractivity contribution is 14.0. The summed E-state index contributed by atoms with van der Waals surface area (Å²) in [5.74, 6) is 0.859. The molecule has 0 bridgehead atoms. The Hall–Kier alpha value is -0.610. The first-order valence-corrected chi connectivity index (χ1v) is 7.98. The van der Waals surface area contributed by atoms with Gasteiger partial charge in [-0.05, 0) is 39.9 Å². The fraction of sp³-hybridized carbons (Fsp3) is 0.385. The average molecular weight is 485 g/mol. The Balaban J connectivity index is 0.00000220. The first kappa shape index (κ1) is 18.4. The normalized spacial score (nSPS) is 11.1. The highest BCUT2D eigenvalue weighted by atomic mass is 127. The van der Waals surface area contributed by atoms with Gasteiger partial charge >= 0.3 is 0 Å². The minimum atomic E-state index is 0. The number of aliphatic imine (C=N–C) groups is 1. The van der Waals surface area contributed by atoms with Gasteiger partial charge in [-0.25, -0.2) is 4.99 Å². The van der Waals surface area contributed by atoms with Crippen LogP contribution in [-0.2, 0) is 13.1 Å². The summed E-state index contributed by atoms with van der Waals surface area (Å²) < 4.78 is 5.97. The smallest absolute Gasteiger partial charge is 0.194 e. The number of hydrogen-bond donors (Lipinski definition) is 1. The van der Waals surface area contributed by atoms with Crippen LogP contribution in [0.1, 0.15) is 18.2 Å². The third-order valence-corrected chi connectivity index (χ3v) is 4.17. The van der Waals surface area contributed by atoms with E-state index in [2.05, 4.69) is 49.8 Å². The molecule has 0 fully saturated rings. The molecule has 0 saturated carbocycles. The molecule has 0 spiro atoms. The maximum Gasteiger partial charge on any atom is 0.194 e. The molecule has 1 N–H and O–H groups in total. The highest BCUT2D eigenvalue weighted by Gasteiger charge is 2.08. The van der Waals surface area contributed by atoms with Crippen molar-refractivity contribution < 1.29 is 4.52 Å². The lowest BCUT2D eigenvalue weighted by atomic mass is 10.3. The van der Waals surface area contributed by atoms with Crippen LogP contribution in [0.5, 0.6) is 0 Å². The van der Waals surface area contributed by atoms with E-state index in [1.807, 2.05) is 18.0 Å². The number of nitrogens with one attached hydrogen (secondary N) is 1. The predicted molar refractivity (Wildman–Crippen MR) is 100 cm³/mol. The van der Waals surface area contributed by atoms with Crippen LogP contribution in [0.25, 0.3) is 0 Å². The SMILES string of the molecule is CCNC(=NCc1csc(Br)c1)N(C)Cc1ccon1.I. The monoisotopic (exact) mass is 484 g/mol. The lowest BCUT2D eigenvalue weighted by molar-refractivity contribution is 0.391. The molecule has 0 unspecified atom stereocenters. The summed E-state index contributed by atoms with van der Waals surface area (Å²) in [6.07, 6.45) is 1.58. The van der Waals surface area contributed by atoms with Crippen LogP contribution in [-0.4, -0.2) is 29.6 Å². The average Bonchev–Trinajstić information content (AvgIpc) is 3.06. The maximum atomic E-state index is 4.85. The van der Waals surface area contributed by atoms with E-state index in [-0.39, 0.29) is 24.0 Å². The van der Waals surface area contributed by atoms with Crippen molar-refractivity contribution in [2.45, 2.75) is 20.0 Å². The molecular weight excluding hydrogens is 467 g/mol. The summed E-state index contributed by atoms with van der Waals surface area (Å²) in [7, 11) is 1.99. The van der Waals surface area contributed by atoms with Crippen molar-refractivity contribution in [3.8, 4) is 0 Å². The predicted octanol–water partition coefficient (Wildman–Crippen LogP) is 3.71. The van der Waals surface area contributed by atoms with Gasteiger partial charge in [0.2, 0.25) is 0 Å². The van der Waals surface area contributed by atoms with Crippen molar-refractivity contribution in [3.63, 3.8) is 0 Å². The standard InChI is InChI=1S/C13H17BrN4OS.HI/c1-3-15-13(16-7-10-6-12(14)20-9-10)18(2)8-11-4-5-19-17-11;/h4-6,9H,3,7-8H2,1-2H3,(H,15,16);1H. The number of nitrogens with zero attached hydrogens (tertiary/aromatic N) is 3. The molecule has 116 valence electrons. The summed E-state index contributed by atoms with van der Waals surface area (Å²) in [5, 5.41) is 9.30. The lowest BCUT2D eigenvalue weighted by Crippen LogP contribution is -2.38. The zero-order valence-electron chi connectivity index (χ0n) is 11.9. The van der Waals surface area contributed by atoms with Gasteiger partial charge in [-0.3, -0.25) is 0 Å². The molecule has 0 radical (unpaired) electrons. The van der Waals surface area contributed by atoms with Crippen molar-refractivity contribution in [1.82, 2.24) is 15.4 Å². The number of hydrogen-bond acceptors (Lipinski definition) is 4. The van der Waals surface area contributed by atoms with Gasteiger partial charge in [0, 0.05) is 19.7 Å². The second-order valence-electron chi connectivity index (χ2n) is 4.28. The van der Waals surface area contributed by atoms with Crippen molar-refractivity contribution >= 4 is 57.2 Å². The van der Waals surface area contributed by atoms with Gasteiger partial charge in [-0.2, -0.15) is 0 Å². The maximum absolute atomic E-state index is 4.85. The van der Waals surface area contributed by atoms with Crippen LogP contribution in [0.3, 0.4) is 0 Å². The summed E-state index contributed by atoms with van der Waals surface area (Å²) in [4.78, 5) is 6.67. The Bertz CT molecular complexity index is 558. The van der Waals surface area contributed by atoms with E-state index in [4.69, 9.17) is 4.52 Å². The summed E-state index contributed by atoms with van der Waals surface area (Å²) >= 11 is 5.14. The molecule has 2 heterocycles. The Kier molecular flexibility index (Phi) is 8.27. The van der Waals surface area contributed by atoms with Gasteiger partial charge < -0.3 is 14.7 Å². The second-order valence-corrected chi connectivity index (χ2v) is 6.57. The van der Waals surface area contributed by atoms with Gasteiger partial charge in [-0.1, -0.05) is 5.16 Å². The van der Waals surface area contributed by atoms with Gasteiger partial charge in [0.1, 0.15) is 12.0 Å². The molecule has 0 aromatic carbocycles. The zero-order valence-corrected chi connectivity index (χ0v) is 16.6. The van der Waals surface area contributed by atoms with Gasteiger partial charge in [0.25, 0.3) is 0 Å². The molecule has 5 nitrogen and oxygen atoms in total. The van der Waals surface area contributed by atoms with E-state index < -0.39 is 0 Å². The summed E-state index contributed by atoms with van der Waals surface area (Å²) in [6, 6.07) is 3.95. The fourth-order valence-electron chi connectivity index (χ4n) is 1.70. The summed E-state index contributed by atoms with van der Waals surface area (Å²) in [5.41, 5.74) is 2.09. The Labute approximate surface area is 154 Å². The number of guanidine groups is 1. The van der Waals surface area contributed by atoms with Crippen LogP contribution < -0.4 is 5.32 Å². The molecule has 0 saturated heterocycles. The van der Waals surface area contributed by atoms with Crippen molar-refractivity contribution in [1.29, 1.82) is 0 Å². The third kappa shape index (κ3) is 5.95. The van der Waals surface area contributed by atoms with Gasteiger partial charge in [-0.15, -0.1) is 35.3 Å². The van der Waals surface area contributed by atoms with Gasteiger partial charge in [0.05, 0.1) is 16.9 Å². The Morgan fingerprint density at radius 3 is 2.95 bits per heavy atom. The minimum Gasteiger partial charge on any atom is -0.364 e. The molecule has 0 amide bonds. The number of aromatic nitrogens is 1. The van der Waals surface area contributed by atoms with E-state index >= 15 is 0 Å². The Morgan fingerprint density at radius 2 is 2.38 bits per heavy atom. The number of thiophene rings is 1. The van der Waals surface area contributed by atoms with Crippen molar-refractivity contribution in [3.05, 3.63) is 38.8 Å². The zero-order chi connectivity index (χ0) is 14.4. The van der Waals surface area contributed by atoms with Gasteiger partial charge in [0.15, 0.2) is 5.96 Å². The Morgan fingerprint density at radius 1 is 1.57 bits per heavy atom. The first-order valence-electron chi connectivity index (χ1n) is 6.30. The van der Waals surface area contributed by atoms with Crippen LogP contribution in [0, 0.1) is 0 Å². The third-order valence-electron chi connectivity index (χ3n) is 2.62. The van der Waals surface area contributed by atoms with E-state index in [0.29, 0.717) is 13.1 Å². The first-order chi connectivity index (χ1) is 9.69. The molecule has 2 rings (SSSR count). The molecule has 21 heavy (non-hydrogen) atoms. The van der Waals surface area contributed by atoms with Crippen LogP contribution in [0.2, 0.25) is 0 Å². The lowest BCUT2D eigenvalue weighted by Gasteiger charge is -2.20. The quantitative estimate of drug-likeness (QED) is 0.399. The molecule has 0 aliphatic rings. The number of rotatable bonds is 5. The fourth-order valence-corrected chi connectivity index (χ4v) is 2.90. The van der Waals surface area contributed by atoms with E-state index in [1.165, 1.54) is 5.56 Å². The van der Waals surface area contributed by atoms with E-state index in [1.54, 1.807) is 17.6 Å². The molecule has 0 aliphatic carbocycles. The van der Waals surface area contributed by atoms with E-state index in [9.17, 15) is 0 Å². The van der Waals surface area contributed by atoms with Crippen molar-refractivity contribution in [2.24, 2.45) is 4.99 Å². The van der Waals surface area contributed by atoms with Crippen LogP contribution >= 0.6 is 51.2 Å². The minimum absolute atomic E-state index is 0. The van der Waals surface area contributed by atoms with Crippen molar-refractivity contribution in [2.75, 3.05) is 13.6 Å². The molecular formula is C13H18BrIN4OS. The topological polar surface area (TPSA) is 53.7 Å². The molecule has 0 aliphatic heterocycles. The number of halogens is 2. The van der Waals surface area contributed by atoms with Crippen LogP contribution in [0.15, 0.2) is 37.1 Å².